The molecule has 2 aromatic rings. The van der Waals surface area contributed by atoms with Crippen molar-refractivity contribution in [1.29, 1.82) is 0 Å². The van der Waals surface area contributed by atoms with Crippen molar-refractivity contribution in [3.63, 3.8) is 0 Å². The minimum Gasteiger partial charge on any atom is -0.434 e. The fraction of sp³-hybridized carbons (Fsp3) is 0.357. The van der Waals surface area contributed by atoms with Crippen LogP contribution in [0.5, 0.6) is 5.75 Å². The average molecular weight is 298 g/mol. The SMILES string of the molecule is CNC(Cc1nc(C)cs1)c1ccccc1OC(F)F. The zero-order valence-electron chi connectivity index (χ0n) is 11.3. The first-order valence-electron chi connectivity index (χ1n) is 6.22. The van der Waals surface area contributed by atoms with Crippen LogP contribution < -0.4 is 10.1 Å². The summed E-state index contributed by atoms with van der Waals surface area (Å²) in [6, 6.07) is 6.72. The van der Waals surface area contributed by atoms with Gasteiger partial charge in [-0.15, -0.1) is 11.3 Å². The fourth-order valence-corrected chi connectivity index (χ4v) is 2.83. The first-order chi connectivity index (χ1) is 9.60. The molecule has 1 N–H and O–H groups in total. The van der Waals surface area contributed by atoms with E-state index >= 15 is 0 Å². The van der Waals surface area contributed by atoms with Crippen LogP contribution >= 0.6 is 11.3 Å². The summed E-state index contributed by atoms with van der Waals surface area (Å²) in [7, 11) is 1.80. The van der Waals surface area contributed by atoms with Crippen LogP contribution in [0.3, 0.4) is 0 Å². The third-order valence-corrected chi connectivity index (χ3v) is 3.89. The largest absolute Gasteiger partial charge is 0.434 e. The Labute approximate surface area is 120 Å². The molecule has 1 atom stereocenters. The molecule has 1 heterocycles. The summed E-state index contributed by atoms with van der Waals surface area (Å²) in [6.45, 7) is -0.891. The predicted molar refractivity (Wildman–Crippen MR) is 75.4 cm³/mol. The van der Waals surface area contributed by atoms with Crippen molar-refractivity contribution in [2.45, 2.75) is 26.0 Å². The van der Waals surface area contributed by atoms with Gasteiger partial charge < -0.3 is 10.1 Å². The zero-order chi connectivity index (χ0) is 14.5. The van der Waals surface area contributed by atoms with E-state index in [4.69, 9.17) is 0 Å². The van der Waals surface area contributed by atoms with Gasteiger partial charge in [0.2, 0.25) is 0 Å². The van der Waals surface area contributed by atoms with Gasteiger partial charge in [-0.1, -0.05) is 18.2 Å². The van der Waals surface area contributed by atoms with Crippen LogP contribution in [-0.4, -0.2) is 18.6 Å². The quantitative estimate of drug-likeness (QED) is 0.885. The van der Waals surface area contributed by atoms with E-state index in [-0.39, 0.29) is 11.8 Å². The molecular weight excluding hydrogens is 282 g/mol. The van der Waals surface area contributed by atoms with Crippen LogP contribution in [0.2, 0.25) is 0 Å². The topological polar surface area (TPSA) is 34.2 Å². The van der Waals surface area contributed by atoms with Crippen molar-refractivity contribution in [1.82, 2.24) is 10.3 Å². The Balaban J connectivity index is 2.22. The third kappa shape index (κ3) is 3.74. The van der Waals surface area contributed by atoms with Crippen LogP contribution in [-0.2, 0) is 6.42 Å². The molecule has 0 spiro atoms. The molecule has 6 heteroatoms. The predicted octanol–water partition coefficient (Wildman–Crippen LogP) is 3.56. The highest BCUT2D eigenvalue weighted by Crippen LogP contribution is 2.29. The maximum atomic E-state index is 12.4. The highest BCUT2D eigenvalue weighted by atomic mass is 32.1. The number of ether oxygens (including phenoxy) is 1. The summed E-state index contributed by atoms with van der Waals surface area (Å²) in [5.41, 5.74) is 1.68. The molecule has 1 unspecified atom stereocenters. The number of aryl methyl sites for hydroxylation is 1. The molecular formula is C14H16F2N2OS. The number of nitrogens with zero attached hydrogens (tertiary/aromatic N) is 1. The number of likely N-dealkylation sites (N-methyl/N-ethyl adjacent to an activating group) is 1. The Bertz CT molecular complexity index is 560. The van der Waals surface area contributed by atoms with E-state index < -0.39 is 6.61 Å². The van der Waals surface area contributed by atoms with Crippen molar-refractivity contribution < 1.29 is 13.5 Å². The van der Waals surface area contributed by atoms with Gasteiger partial charge in [-0.2, -0.15) is 8.78 Å². The van der Waals surface area contributed by atoms with Gasteiger partial charge in [0, 0.05) is 29.1 Å². The Morgan fingerprint density at radius 3 is 2.70 bits per heavy atom. The summed E-state index contributed by atoms with van der Waals surface area (Å²) in [5, 5.41) is 6.07. The fourth-order valence-electron chi connectivity index (χ4n) is 2.01. The summed E-state index contributed by atoms with van der Waals surface area (Å²) < 4.78 is 29.5. The van der Waals surface area contributed by atoms with Crippen molar-refractivity contribution in [2.75, 3.05) is 7.05 Å². The number of halogens is 2. The summed E-state index contributed by atoms with van der Waals surface area (Å²) in [4.78, 5) is 4.40. The lowest BCUT2D eigenvalue weighted by molar-refractivity contribution is -0.0507. The lowest BCUT2D eigenvalue weighted by Crippen LogP contribution is -2.20. The molecule has 0 bridgehead atoms. The number of rotatable bonds is 6. The van der Waals surface area contributed by atoms with Crippen molar-refractivity contribution in [2.24, 2.45) is 0 Å². The van der Waals surface area contributed by atoms with E-state index in [1.807, 2.05) is 18.4 Å². The molecule has 0 radical (unpaired) electrons. The molecule has 0 aliphatic carbocycles. The first-order valence-corrected chi connectivity index (χ1v) is 7.10. The van der Waals surface area contributed by atoms with Gasteiger partial charge in [0.05, 0.1) is 5.01 Å². The van der Waals surface area contributed by atoms with Gasteiger partial charge in [0.15, 0.2) is 0 Å². The molecule has 3 nitrogen and oxygen atoms in total. The standard InChI is InChI=1S/C14H16F2N2OS/c1-9-8-20-13(18-9)7-11(17-2)10-5-3-4-6-12(10)19-14(15)16/h3-6,8,11,14,17H,7H2,1-2H3. The number of hydrogen-bond donors (Lipinski definition) is 1. The molecule has 0 saturated heterocycles. The Hall–Kier alpha value is -1.53. The van der Waals surface area contributed by atoms with E-state index in [0.717, 1.165) is 10.7 Å². The number of hydrogen-bond acceptors (Lipinski definition) is 4. The lowest BCUT2D eigenvalue weighted by Gasteiger charge is -2.19. The van der Waals surface area contributed by atoms with Gasteiger partial charge in [0.1, 0.15) is 5.75 Å². The van der Waals surface area contributed by atoms with E-state index in [1.165, 1.54) is 0 Å². The number of benzene rings is 1. The Morgan fingerprint density at radius 2 is 2.10 bits per heavy atom. The van der Waals surface area contributed by atoms with E-state index in [0.29, 0.717) is 12.0 Å². The van der Waals surface area contributed by atoms with Crippen LogP contribution in [0.1, 0.15) is 22.3 Å². The second-order valence-electron chi connectivity index (χ2n) is 4.34. The highest BCUT2D eigenvalue weighted by molar-refractivity contribution is 7.09. The number of aromatic nitrogens is 1. The minimum atomic E-state index is -2.82. The summed E-state index contributed by atoms with van der Waals surface area (Å²) in [5.74, 6) is 0.204. The summed E-state index contributed by atoms with van der Waals surface area (Å²) >= 11 is 1.57. The first kappa shape index (κ1) is 14.9. The highest BCUT2D eigenvalue weighted by Gasteiger charge is 2.18. The van der Waals surface area contributed by atoms with Gasteiger partial charge in [-0.25, -0.2) is 4.98 Å². The molecule has 2 rings (SSSR count). The Kier molecular flexibility index (Phi) is 5.03. The number of thiazole rings is 1. The molecule has 1 aromatic carbocycles. The van der Waals surface area contributed by atoms with E-state index in [9.17, 15) is 8.78 Å². The second-order valence-corrected chi connectivity index (χ2v) is 5.29. The van der Waals surface area contributed by atoms with Crippen LogP contribution in [0.4, 0.5) is 8.78 Å². The third-order valence-electron chi connectivity index (χ3n) is 2.90. The maximum absolute atomic E-state index is 12.4. The number of nitrogens with one attached hydrogen (secondary N) is 1. The van der Waals surface area contributed by atoms with Crippen LogP contribution in [0.15, 0.2) is 29.6 Å². The Morgan fingerprint density at radius 1 is 1.35 bits per heavy atom. The van der Waals surface area contributed by atoms with E-state index in [1.54, 1.807) is 36.6 Å². The molecule has 0 amide bonds. The average Bonchev–Trinajstić information content (AvgIpc) is 2.82. The number of alkyl halides is 2. The molecule has 108 valence electrons. The van der Waals surface area contributed by atoms with Crippen molar-refractivity contribution >= 4 is 11.3 Å². The molecule has 0 aliphatic heterocycles. The van der Waals surface area contributed by atoms with E-state index in [2.05, 4.69) is 15.0 Å². The second kappa shape index (κ2) is 6.76. The van der Waals surface area contributed by atoms with Gasteiger partial charge in [-0.05, 0) is 20.0 Å². The van der Waals surface area contributed by atoms with Gasteiger partial charge >= 0.3 is 6.61 Å². The zero-order valence-corrected chi connectivity index (χ0v) is 12.1. The summed E-state index contributed by atoms with van der Waals surface area (Å²) in [6.07, 6.45) is 0.638. The normalized spacial score (nSPS) is 12.7. The molecule has 0 saturated carbocycles. The molecule has 0 fully saturated rings. The van der Waals surface area contributed by atoms with Gasteiger partial charge in [0.25, 0.3) is 0 Å². The van der Waals surface area contributed by atoms with Crippen molar-refractivity contribution in [3.05, 3.63) is 45.9 Å². The molecule has 20 heavy (non-hydrogen) atoms. The van der Waals surface area contributed by atoms with Crippen LogP contribution in [0.25, 0.3) is 0 Å². The molecule has 1 aromatic heterocycles. The monoisotopic (exact) mass is 298 g/mol. The smallest absolute Gasteiger partial charge is 0.387 e. The van der Waals surface area contributed by atoms with Crippen molar-refractivity contribution in [3.8, 4) is 5.75 Å². The lowest BCUT2D eigenvalue weighted by atomic mass is 10.0. The number of para-hydroxylation sites is 1. The minimum absolute atomic E-state index is 0.115. The maximum Gasteiger partial charge on any atom is 0.387 e. The van der Waals surface area contributed by atoms with Crippen LogP contribution in [0, 0.1) is 6.92 Å². The van der Waals surface area contributed by atoms with Gasteiger partial charge in [-0.3, -0.25) is 0 Å². The molecule has 0 aliphatic rings.